The van der Waals surface area contributed by atoms with E-state index in [4.69, 9.17) is 14.7 Å². The van der Waals surface area contributed by atoms with Crippen molar-refractivity contribution >= 4 is 17.8 Å². The van der Waals surface area contributed by atoms with Gasteiger partial charge in [0.2, 0.25) is 5.91 Å². The van der Waals surface area contributed by atoms with Gasteiger partial charge in [-0.25, -0.2) is 10.3 Å². The highest BCUT2D eigenvalue weighted by Gasteiger charge is 2.60. The van der Waals surface area contributed by atoms with Crippen LogP contribution in [-0.2, 0) is 16.1 Å². The fourth-order valence-electron chi connectivity index (χ4n) is 7.54. The fraction of sp³-hybridized carbons (Fsp3) is 0.654. The third-order valence-corrected chi connectivity index (χ3v) is 8.57. The van der Waals surface area contributed by atoms with E-state index < -0.39 is 11.9 Å². The maximum absolute atomic E-state index is 14.0. The van der Waals surface area contributed by atoms with Crippen LogP contribution in [0.5, 0.6) is 11.5 Å². The number of benzene rings is 1. The van der Waals surface area contributed by atoms with Crippen molar-refractivity contribution in [2.75, 3.05) is 14.2 Å². The Kier molecular flexibility index (Phi) is 6.38. The average Bonchev–Trinajstić information content (AvgIpc) is 3.07. The maximum atomic E-state index is 14.0. The van der Waals surface area contributed by atoms with Gasteiger partial charge in [-0.3, -0.25) is 19.7 Å². The van der Waals surface area contributed by atoms with Crippen molar-refractivity contribution in [1.82, 2.24) is 15.3 Å². The van der Waals surface area contributed by atoms with Gasteiger partial charge in [0, 0.05) is 19.0 Å². The molecule has 1 aromatic carbocycles. The Balaban J connectivity index is 1.43. The summed E-state index contributed by atoms with van der Waals surface area (Å²) in [6.07, 6.45) is 7.26. The SMILES string of the molecule is COc1cc(CN2C(=O)N(C34CC5CC(CC(C5)C3)C4)C(=O)C2CCCC(=O)NO)cc(OC)c1. The van der Waals surface area contributed by atoms with Gasteiger partial charge in [-0.15, -0.1) is 0 Å². The zero-order valence-corrected chi connectivity index (χ0v) is 20.5. The Morgan fingerprint density at radius 1 is 1.03 bits per heavy atom. The van der Waals surface area contributed by atoms with Crippen molar-refractivity contribution in [3.05, 3.63) is 23.8 Å². The molecule has 4 aliphatic carbocycles. The summed E-state index contributed by atoms with van der Waals surface area (Å²) in [4.78, 5) is 42.7. The average molecular weight is 486 g/mol. The monoisotopic (exact) mass is 485 g/mol. The molecule has 0 radical (unpaired) electrons. The highest BCUT2D eigenvalue weighted by atomic mass is 16.5. The van der Waals surface area contributed by atoms with E-state index in [-0.39, 0.29) is 30.4 Å². The molecule has 5 fully saturated rings. The van der Waals surface area contributed by atoms with Crippen LogP contribution >= 0.6 is 0 Å². The molecule has 35 heavy (non-hydrogen) atoms. The summed E-state index contributed by atoms with van der Waals surface area (Å²) < 4.78 is 10.8. The number of methoxy groups -OCH3 is 2. The predicted octanol–water partition coefficient (Wildman–Crippen LogP) is 3.48. The summed E-state index contributed by atoms with van der Waals surface area (Å²) in [6.45, 7) is 0.248. The molecule has 1 unspecified atom stereocenters. The van der Waals surface area contributed by atoms with Crippen molar-refractivity contribution in [3.63, 3.8) is 0 Å². The number of nitrogens with zero attached hydrogens (tertiary/aromatic N) is 2. The zero-order chi connectivity index (χ0) is 24.7. The number of rotatable bonds is 9. The van der Waals surface area contributed by atoms with Crippen molar-refractivity contribution in [3.8, 4) is 11.5 Å². The van der Waals surface area contributed by atoms with E-state index in [9.17, 15) is 14.4 Å². The Hall–Kier alpha value is -2.81. The first-order chi connectivity index (χ1) is 16.9. The predicted molar refractivity (Wildman–Crippen MR) is 126 cm³/mol. The van der Waals surface area contributed by atoms with Gasteiger partial charge in [0.25, 0.3) is 5.91 Å². The van der Waals surface area contributed by atoms with Crippen molar-refractivity contribution in [2.24, 2.45) is 17.8 Å². The quantitative estimate of drug-likeness (QED) is 0.315. The number of imide groups is 1. The first-order valence-electron chi connectivity index (χ1n) is 12.7. The standard InChI is InChI=1S/C26H35N3O6/c1-34-20-9-19(10-21(11-20)35-2)15-28-22(4-3-5-23(30)27-33)24(31)29(25(28)32)26-12-16-6-17(13-26)8-18(7-16)14-26/h9-11,16-18,22,33H,3-8,12-15H2,1-2H3,(H,27,30). The van der Waals surface area contributed by atoms with E-state index in [1.165, 1.54) is 19.3 Å². The molecular formula is C26H35N3O6. The van der Waals surface area contributed by atoms with Gasteiger partial charge in [0.1, 0.15) is 17.5 Å². The van der Waals surface area contributed by atoms with Crippen LogP contribution in [0.4, 0.5) is 4.79 Å². The van der Waals surface area contributed by atoms with Crippen LogP contribution in [0.2, 0.25) is 0 Å². The minimum Gasteiger partial charge on any atom is -0.497 e. The van der Waals surface area contributed by atoms with Gasteiger partial charge in [-0.05, 0) is 86.8 Å². The molecule has 9 heteroatoms. The molecule has 1 atom stereocenters. The van der Waals surface area contributed by atoms with E-state index in [0.717, 1.165) is 24.8 Å². The molecule has 4 bridgehead atoms. The van der Waals surface area contributed by atoms with E-state index >= 15 is 0 Å². The first-order valence-corrected chi connectivity index (χ1v) is 12.7. The Bertz CT molecular complexity index is 953. The molecule has 190 valence electrons. The summed E-state index contributed by atoms with van der Waals surface area (Å²) in [7, 11) is 3.15. The van der Waals surface area contributed by atoms with Crippen molar-refractivity contribution in [1.29, 1.82) is 0 Å². The molecule has 1 heterocycles. The van der Waals surface area contributed by atoms with Crippen LogP contribution in [0, 0.1) is 17.8 Å². The summed E-state index contributed by atoms with van der Waals surface area (Å²) in [6, 6.07) is 4.61. The van der Waals surface area contributed by atoms with Crippen LogP contribution in [0.15, 0.2) is 18.2 Å². The van der Waals surface area contributed by atoms with Gasteiger partial charge in [0.05, 0.1) is 19.8 Å². The van der Waals surface area contributed by atoms with Gasteiger partial charge in [0.15, 0.2) is 0 Å². The molecule has 6 rings (SSSR count). The molecule has 1 saturated heterocycles. The third-order valence-electron chi connectivity index (χ3n) is 8.57. The minimum absolute atomic E-state index is 0.0899. The second-order valence-electron chi connectivity index (χ2n) is 10.9. The van der Waals surface area contributed by atoms with E-state index in [0.29, 0.717) is 42.1 Å². The Labute approximate surface area is 205 Å². The second kappa shape index (κ2) is 9.33. The summed E-state index contributed by atoms with van der Waals surface area (Å²) >= 11 is 0. The second-order valence-corrected chi connectivity index (χ2v) is 10.9. The van der Waals surface area contributed by atoms with Gasteiger partial charge in [-0.2, -0.15) is 0 Å². The van der Waals surface area contributed by atoms with Crippen molar-refractivity contribution < 1.29 is 29.1 Å². The lowest BCUT2D eigenvalue weighted by Gasteiger charge is -2.58. The van der Waals surface area contributed by atoms with Crippen LogP contribution < -0.4 is 15.0 Å². The zero-order valence-electron chi connectivity index (χ0n) is 20.5. The molecule has 1 aliphatic heterocycles. The number of hydrogen-bond donors (Lipinski definition) is 2. The number of ether oxygens (including phenoxy) is 2. The molecular weight excluding hydrogens is 450 g/mol. The molecule has 4 amide bonds. The number of carbonyl (C=O) groups is 3. The molecule has 0 aromatic heterocycles. The first kappa shape index (κ1) is 23.9. The van der Waals surface area contributed by atoms with Gasteiger partial charge in [-0.1, -0.05) is 0 Å². The highest BCUT2D eigenvalue weighted by Crippen LogP contribution is 2.58. The fourth-order valence-corrected chi connectivity index (χ4v) is 7.54. The van der Waals surface area contributed by atoms with Gasteiger partial charge < -0.3 is 14.4 Å². The number of carbonyl (C=O) groups excluding carboxylic acids is 3. The normalized spacial score (nSPS) is 31.3. The highest BCUT2D eigenvalue weighted by molar-refractivity contribution is 6.05. The van der Waals surface area contributed by atoms with Gasteiger partial charge >= 0.3 is 6.03 Å². The molecule has 2 N–H and O–H groups in total. The lowest BCUT2D eigenvalue weighted by molar-refractivity contribution is -0.141. The molecule has 1 aromatic rings. The third kappa shape index (κ3) is 4.35. The van der Waals surface area contributed by atoms with Crippen LogP contribution in [-0.4, -0.2) is 58.7 Å². The van der Waals surface area contributed by atoms with Crippen LogP contribution in [0.1, 0.15) is 63.4 Å². The summed E-state index contributed by atoms with van der Waals surface area (Å²) in [5, 5.41) is 8.84. The molecule has 9 nitrogen and oxygen atoms in total. The topological polar surface area (TPSA) is 108 Å². The summed E-state index contributed by atoms with van der Waals surface area (Å²) in [5.74, 6) is 2.40. The van der Waals surface area contributed by atoms with Crippen molar-refractivity contribution in [2.45, 2.75) is 75.9 Å². The maximum Gasteiger partial charge on any atom is 0.328 e. The number of hydrogen-bond acceptors (Lipinski definition) is 6. The lowest BCUT2D eigenvalue weighted by Crippen LogP contribution is -2.62. The Morgan fingerprint density at radius 3 is 2.11 bits per heavy atom. The van der Waals surface area contributed by atoms with Crippen LogP contribution in [0.25, 0.3) is 0 Å². The molecule has 5 aliphatic rings. The smallest absolute Gasteiger partial charge is 0.328 e. The number of hydroxylamine groups is 1. The lowest BCUT2D eigenvalue weighted by atomic mass is 9.52. The minimum atomic E-state index is -0.640. The largest absolute Gasteiger partial charge is 0.497 e. The van der Waals surface area contributed by atoms with E-state index in [1.807, 2.05) is 12.1 Å². The number of amides is 4. The molecule has 4 saturated carbocycles. The molecule has 0 spiro atoms. The van der Waals surface area contributed by atoms with E-state index in [2.05, 4.69) is 0 Å². The van der Waals surface area contributed by atoms with Crippen LogP contribution in [0.3, 0.4) is 0 Å². The van der Waals surface area contributed by atoms with E-state index in [1.54, 1.807) is 35.6 Å². The number of nitrogens with one attached hydrogen (secondary N) is 1. The summed E-state index contributed by atoms with van der Waals surface area (Å²) in [5.41, 5.74) is 2.08. The number of urea groups is 1. The Morgan fingerprint density at radius 2 is 1.60 bits per heavy atom.